The average Bonchev–Trinajstić information content (AvgIpc) is 2.34. The molecule has 1 aliphatic carbocycles. The Balaban J connectivity index is 2.33. The molecular weight excluding hydrogens is 216 g/mol. The first-order chi connectivity index (χ1) is 8.12. The summed E-state index contributed by atoms with van der Waals surface area (Å²) in [6.45, 7) is 5.90. The number of rotatable bonds is 2. The van der Waals surface area contributed by atoms with E-state index in [1.807, 2.05) is 0 Å². The number of hydrogen-bond donors (Lipinski definition) is 1. The van der Waals surface area contributed by atoms with Gasteiger partial charge in [-0.15, -0.1) is 6.58 Å². The molecule has 0 aromatic carbocycles. The molecule has 0 aromatic rings. The molecule has 2 aliphatic rings. The van der Waals surface area contributed by atoms with Crippen molar-refractivity contribution < 1.29 is 9.59 Å². The average molecular weight is 236 g/mol. The Morgan fingerprint density at radius 2 is 2.06 bits per heavy atom. The van der Waals surface area contributed by atoms with Gasteiger partial charge in [0.05, 0.1) is 0 Å². The molecule has 17 heavy (non-hydrogen) atoms. The molecule has 1 heterocycles. The highest BCUT2D eigenvalue weighted by molar-refractivity contribution is 5.99. The number of piperazine rings is 1. The summed E-state index contributed by atoms with van der Waals surface area (Å²) in [7, 11) is 0. The van der Waals surface area contributed by atoms with Crippen LogP contribution in [0.15, 0.2) is 12.7 Å². The lowest BCUT2D eigenvalue weighted by molar-refractivity contribution is -0.158. The third-order valence-electron chi connectivity index (χ3n) is 3.92. The lowest BCUT2D eigenvalue weighted by atomic mass is 9.77. The predicted molar refractivity (Wildman–Crippen MR) is 65.3 cm³/mol. The van der Waals surface area contributed by atoms with Crippen LogP contribution in [-0.4, -0.2) is 34.8 Å². The number of hydrogen-bond acceptors (Lipinski definition) is 2. The summed E-state index contributed by atoms with van der Waals surface area (Å²) in [5.74, 6) is 0.0394. The van der Waals surface area contributed by atoms with Crippen LogP contribution < -0.4 is 5.32 Å². The van der Waals surface area contributed by atoms with Crippen LogP contribution in [0.1, 0.15) is 39.0 Å². The molecule has 1 N–H and O–H groups in total. The van der Waals surface area contributed by atoms with Gasteiger partial charge >= 0.3 is 0 Å². The third kappa shape index (κ3) is 1.85. The minimum Gasteiger partial charge on any atom is -0.343 e. The standard InChI is InChI=1S/C13H20N2O2/c1-3-9-15-11(16)10(2)14-12(17)13(15)7-5-4-6-8-13/h3,10H,1,4-9H2,2H3,(H,14,17). The lowest BCUT2D eigenvalue weighted by Crippen LogP contribution is -2.70. The van der Waals surface area contributed by atoms with E-state index in [1.54, 1.807) is 17.9 Å². The third-order valence-corrected chi connectivity index (χ3v) is 3.92. The molecule has 1 spiro atoms. The van der Waals surface area contributed by atoms with Gasteiger partial charge in [0.15, 0.2) is 0 Å². The molecule has 1 saturated carbocycles. The van der Waals surface area contributed by atoms with Crippen molar-refractivity contribution >= 4 is 11.8 Å². The van der Waals surface area contributed by atoms with Crippen molar-refractivity contribution in [2.45, 2.75) is 50.6 Å². The minimum atomic E-state index is -0.601. The molecule has 0 aromatic heterocycles. The van der Waals surface area contributed by atoms with Gasteiger partial charge in [-0.05, 0) is 19.8 Å². The second-order valence-electron chi connectivity index (χ2n) is 5.02. The van der Waals surface area contributed by atoms with Gasteiger partial charge in [0, 0.05) is 6.54 Å². The Bertz CT molecular complexity index is 345. The summed E-state index contributed by atoms with van der Waals surface area (Å²) >= 11 is 0. The smallest absolute Gasteiger partial charge is 0.246 e. The van der Waals surface area contributed by atoms with Gasteiger partial charge in [-0.2, -0.15) is 0 Å². The Labute approximate surface area is 102 Å². The van der Waals surface area contributed by atoms with Crippen molar-refractivity contribution in [3.05, 3.63) is 12.7 Å². The summed E-state index contributed by atoms with van der Waals surface area (Å²) < 4.78 is 0. The van der Waals surface area contributed by atoms with Crippen LogP contribution >= 0.6 is 0 Å². The first-order valence-corrected chi connectivity index (χ1v) is 6.35. The van der Waals surface area contributed by atoms with Gasteiger partial charge in [-0.25, -0.2) is 0 Å². The molecule has 0 radical (unpaired) electrons. The summed E-state index contributed by atoms with van der Waals surface area (Å²) in [5.41, 5.74) is -0.601. The highest BCUT2D eigenvalue weighted by atomic mass is 16.2. The first-order valence-electron chi connectivity index (χ1n) is 6.35. The Morgan fingerprint density at radius 3 is 2.65 bits per heavy atom. The van der Waals surface area contributed by atoms with E-state index in [-0.39, 0.29) is 11.8 Å². The SMILES string of the molecule is C=CCN1C(=O)C(C)NC(=O)C12CCCCC2. The zero-order chi connectivity index (χ0) is 12.5. The van der Waals surface area contributed by atoms with E-state index in [0.717, 1.165) is 32.1 Å². The quantitative estimate of drug-likeness (QED) is 0.733. The molecule has 1 saturated heterocycles. The molecule has 1 atom stereocenters. The number of carbonyl (C=O) groups is 2. The molecular formula is C13H20N2O2. The second kappa shape index (κ2) is 4.51. The summed E-state index contributed by atoms with van der Waals surface area (Å²) in [5, 5.41) is 2.81. The van der Waals surface area contributed by atoms with E-state index < -0.39 is 11.6 Å². The molecule has 94 valence electrons. The first kappa shape index (κ1) is 12.1. The fourth-order valence-corrected chi connectivity index (χ4v) is 2.99. The fraction of sp³-hybridized carbons (Fsp3) is 0.692. The summed E-state index contributed by atoms with van der Waals surface area (Å²) in [6.07, 6.45) is 6.46. The van der Waals surface area contributed by atoms with Gasteiger partial charge in [-0.1, -0.05) is 25.3 Å². The fourth-order valence-electron chi connectivity index (χ4n) is 2.99. The highest BCUT2D eigenvalue weighted by Crippen LogP contribution is 2.36. The second-order valence-corrected chi connectivity index (χ2v) is 5.02. The lowest BCUT2D eigenvalue weighted by Gasteiger charge is -2.49. The molecule has 1 unspecified atom stereocenters. The molecule has 0 bridgehead atoms. The number of amides is 2. The molecule has 2 amide bonds. The van der Waals surface area contributed by atoms with Gasteiger partial charge in [0.25, 0.3) is 0 Å². The van der Waals surface area contributed by atoms with E-state index >= 15 is 0 Å². The summed E-state index contributed by atoms with van der Waals surface area (Å²) in [4.78, 5) is 26.2. The van der Waals surface area contributed by atoms with Crippen molar-refractivity contribution in [1.29, 1.82) is 0 Å². The number of carbonyl (C=O) groups excluding carboxylic acids is 2. The van der Waals surface area contributed by atoms with Crippen LogP contribution in [-0.2, 0) is 9.59 Å². The molecule has 1 aliphatic heterocycles. The van der Waals surface area contributed by atoms with Crippen molar-refractivity contribution in [3.63, 3.8) is 0 Å². The van der Waals surface area contributed by atoms with Crippen LogP contribution in [0.5, 0.6) is 0 Å². The zero-order valence-corrected chi connectivity index (χ0v) is 10.4. The Morgan fingerprint density at radius 1 is 1.41 bits per heavy atom. The van der Waals surface area contributed by atoms with Crippen molar-refractivity contribution in [1.82, 2.24) is 10.2 Å². The normalized spacial score (nSPS) is 28.1. The minimum absolute atomic E-state index is 0.0196. The van der Waals surface area contributed by atoms with Crippen molar-refractivity contribution in [3.8, 4) is 0 Å². The topological polar surface area (TPSA) is 49.4 Å². The molecule has 2 fully saturated rings. The van der Waals surface area contributed by atoms with Crippen molar-refractivity contribution in [2.24, 2.45) is 0 Å². The van der Waals surface area contributed by atoms with Crippen LogP contribution in [0.4, 0.5) is 0 Å². The number of nitrogens with zero attached hydrogens (tertiary/aromatic N) is 1. The van der Waals surface area contributed by atoms with Gasteiger partial charge in [0.2, 0.25) is 11.8 Å². The summed E-state index contributed by atoms with van der Waals surface area (Å²) in [6, 6.07) is -0.407. The zero-order valence-electron chi connectivity index (χ0n) is 10.4. The predicted octanol–water partition coefficient (Wildman–Crippen LogP) is 1.22. The molecule has 2 rings (SSSR count). The van der Waals surface area contributed by atoms with E-state index in [4.69, 9.17) is 0 Å². The Hall–Kier alpha value is -1.32. The number of nitrogens with one attached hydrogen (secondary N) is 1. The monoisotopic (exact) mass is 236 g/mol. The van der Waals surface area contributed by atoms with Crippen molar-refractivity contribution in [2.75, 3.05) is 6.54 Å². The molecule has 4 nitrogen and oxygen atoms in total. The van der Waals surface area contributed by atoms with Crippen LogP contribution in [0.2, 0.25) is 0 Å². The highest BCUT2D eigenvalue weighted by Gasteiger charge is 2.51. The van der Waals surface area contributed by atoms with Gasteiger partial charge in [-0.3, -0.25) is 9.59 Å². The maximum Gasteiger partial charge on any atom is 0.246 e. The van der Waals surface area contributed by atoms with Gasteiger partial charge in [0.1, 0.15) is 11.6 Å². The van der Waals surface area contributed by atoms with E-state index in [0.29, 0.717) is 6.54 Å². The Kier molecular flexibility index (Phi) is 3.22. The van der Waals surface area contributed by atoms with E-state index in [9.17, 15) is 9.59 Å². The van der Waals surface area contributed by atoms with E-state index in [2.05, 4.69) is 11.9 Å². The van der Waals surface area contributed by atoms with E-state index in [1.165, 1.54) is 0 Å². The van der Waals surface area contributed by atoms with Crippen LogP contribution in [0.3, 0.4) is 0 Å². The maximum atomic E-state index is 12.3. The van der Waals surface area contributed by atoms with Crippen LogP contribution in [0.25, 0.3) is 0 Å². The largest absolute Gasteiger partial charge is 0.343 e. The maximum absolute atomic E-state index is 12.3. The van der Waals surface area contributed by atoms with Gasteiger partial charge < -0.3 is 10.2 Å². The molecule has 4 heteroatoms. The van der Waals surface area contributed by atoms with Crippen LogP contribution in [0, 0.1) is 0 Å².